The summed E-state index contributed by atoms with van der Waals surface area (Å²) in [7, 11) is 0. The Kier molecular flexibility index (Phi) is 5.08. The van der Waals surface area contributed by atoms with Crippen LogP contribution >= 0.6 is 0 Å². The van der Waals surface area contributed by atoms with Crippen molar-refractivity contribution in [3.63, 3.8) is 0 Å². The molecule has 7 nitrogen and oxygen atoms in total. The Morgan fingerprint density at radius 1 is 1.05 bits per heavy atom. The van der Waals surface area contributed by atoms with Crippen molar-refractivity contribution in [3.8, 4) is 17.9 Å². The number of benzene rings is 3. The lowest BCUT2D eigenvalue weighted by atomic mass is 9.67. The molecule has 184 valence electrons. The van der Waals surface area contributed by atoms with E-state index in [2.05, 4.69) is 6.07 Å². The first-order valence-corrected chi connectivity index (χ1v) is 12.1. The number of carbonyl (C=O) groups excluding carboxylic acids is 2. The molecule has 6 rings (SSSR count). The van der Waals surface area contributed by atoms with Crippen molar-refractivity contribution < 1.29 is 23.5 Å². The number of ether oxygens (including phenoxy) is 2. The number of carbonyl (C=O) groups is 2. The summed E-state index contributed by atoms with van der Waals surface area (Å²) in [5.41, 5.74) is -1.17. The molecule has 0 saturated carbocycles. The lowest BCUT2D eigenvalue weighted by Crippen LogP contribution is -2.43. The van der Waals surface area contributed by atoms with E-state index < -0.39 is 28.9 Å². The lowest BCUT2D eigenvalue weighted by Gasteiger charge is -2.31. The third-order valence-corrected chi connectivity index (χ3v) is 8.13. The molecule has 8 heteroatoms. The van der Waals surface area contributed by atoms with Crippen LogP contribution in [0.15, 0.2) is 54.6 Å². The number of imide groups is 1. The second-order valence-corrected chi connectivity index (χ2v) is 10.1. The van der Waals surface area contributed by atoms with Gasteiger partial charge in [0, 0.05) is 17.9 Å². The minimum Gasteiger partial charge on any atom is -0.493 e. The second kappa shape index (κ2) is 8.12. The number of amides is 2. The summed E-state index contributed by atoms with van der Waals surface area (Å²) < 4.78 is 26.2. The molecule has 0 spiro atoms. The van der Waals surface area contributed by atoms with Crippen LogP contribution < -0.4 is 9.64 Å². The van der Waals surface area contributed by atoms with Gasteiger partial charge >= 0.3 is 0 Å². The number of halogens is 1. The van der Waals surface area contributed by atoms with E-state index >= 15 is 0 Å². The van der Waals surface area contributed by atoms with Gasteiger partial charge in [-0.1, -0.05) is 30.3 Å². The Morgan fingerprint density at radius 3 is 2.59 bits per heavy atom. The van der Waals surface area contributed by atoms with Gasteiger partial charge in [0.15, 0.2) is 0 Å². The minimum absolute atomic E-state index is 0.0694. The molecule has 3 aromatic rings. The number of rotatable bonds is 5. The summed E-state index contributed by atoms with van der Waals surface area (Å²) >= 11 is 0. The summed E-state index contributed by atoms with van der Waals surface area (Å²) in [5.74, 6) is -2.46. The van der Waals surface area contributed by atoms with Gasteiger partial charge in [-0.3, -0.25) is 9.59 Å². The maximum Gasteiger partial charge on any atom is 0.240 e. The quantitative estimate of drug-likeness (QED) is 0.479. The normalized spacial score (nSPS) is 27.8. The largest absolute Gasteiger partial charge is 0.493 e. The Bertz CT molecular complexity index is 1570. The van der Waals surface area contributed by atoms with E-state index in [1.165, 1.54) is 17.0 Å². The van der Waals surface area contributed by atoms with Crippen LogP contribution in [0.2, 0.25) is 0 Å². The summed E-state index contributed by atoms with van der Waals surface area (Å²) in [5, 5.41) is 20.4. The van der Waals surface area contributed by atoms with Crippen LogP contribution in [0.5, 0.6) is 5.75 Å². The lowest BCUT2D eigenvalue weighted by molar-refractivity contribution is -0.131. The van der Waals surface area contributed by atoms with E-state index in [-0.39, 0.29) is 29.7 Å². The number of hydrogen-bond donors (Lipinski definition) is 0. The van der Waals surface area contributed by atoms with Gasteiger partial charge in [0.2, 0.25) is 11.8 Å². The molecule has 3 aliphatic rings. The topological polar surface area (TPSA) is 103 Å². The van der Waals surface area contributed by atoms with Crippen molar-refractivity contribution in [2.24, 2.45) is 11.8 Å². The maximum absolute atomic E-state index is 14.0. The van der Waals surface area contributed by atoms with Crippen molar-refractivity contribution in [3.05, 3.63) is 71.5 Å². The van der Waals surface area contributed by atoms with Crippen LogP contribution in [0.25, 0.3) is 10.8 Å². The van der Waals surface area contributed by atoms with E-state index in [9.17, 15) is 19.2 Å². The first-order valence-electron chi connectivity index (χ1n) is 12.1. The maximum atomic E-state index is 14.0. The van der Waals surface area contributed by atoms with Gasteiger partial charge in [-0.2, -0.15) is 10.5 Å². The molecule has 4 unspecified atom stereocenters. The first-order chi connectivity index (χ1) is 17.8. The van der Waals surface area contributed by atoms with Gasteiger partial charge in [-0.25, -0.2) is 9.29 Å². The minimum atomic E-state index is -0.893. The van der Waals surface area contributed by atoms with Gasteiger partial charge in [-0.15, -0.1) is 0 Å². The molecular weight excluding hydrogens is 473 g/mol. The summed E-state index contributed by atoms with van der Waals surface area (Å²) in [4.78, 5) is 28.8. The molecule has 3 aromatic carbocycles. The first kappa shape index (κ1) is 23.1. The molecule has 3 aliphatic heterocycles. The molecule has 0 aliphatic carbocycles. The number of nitriles is 2. The molecule has 0 aromatic heterocycles. The molecule has 3 saturated heterocycles. The van der Waals surface area contributed by atoms with Gasteiger partial charge in [0.05, 0.1) is 46.5 Å². The highest BCUT2D eigenvalue weighted by atomic mass is 19.1. The van der Waals surface area contributed by atoms with E-state index in [4.69, 9.17) is 14.7 Å². The van der Waals surface area contributed by atoms with E-state index in [1.807, 2.05) is 37.3 Å². The van der Waals surface area contributed by atoms with E-state index in [0.29, 0.717) is 35.9 Å². The Hall–Kier alpha value is -4.27. The van der Waals surface area contributed by atoms with Crippen molar-refractivity contribution in [1.82, 2.24) is 0 Å². The SMILES string of the molecule is CC12CCC(CCOc3ccc(C#N)c(F)c3)(O1)C1C(=O)N(c3ccc4ccccc4c3C#N)C(=O)C12. The predicted octanol–water partition coefficient (Wildman–Crippen LogP) is 4.62. The molecule has 37 heavy (non-hydrogen) atoms. The Morgan fingerprint density at radius 2 is 1.84 bits per heavy atom. The average Bonchev–Trinajstić information content (AvgIpc) is 3.47. The third kappa shape index (κ3) is 3.26. The molecule has 3 heterocycles. The summed E-state index contributed by atoms with van der Waals surface area (Å²) in [6.45, 7) is 2.02. The van der Waals surface area contributed by atoms with Gasteiger partial charge in [0.1, 0.15) is 23.7 Å². The van der Waals surface area contributed by atoms with Gasteiger partial charge in [-0.05, 0) is 43.4 Å². The molecule has 0 radical (unpaired) electrons. The van der Waals surface area contributed by atoms with Crippen molar-refractivity contribution in [2.75, 3.05) is 11.5 Å². The molecule has 3 fully saturated rings. The zero-order chi connectivity index (χ0) is 25.9. The number of nitrogens with zero attached hydrogens (tertiary/aromatic N) is 3. The average molecular weight is 496 g/mol. The predicted molar refractivity (Wildman–Crippen MR) is 131 cm³/mol. The molecule has 0 N–H and O–H groups in total. The number of fused-ring (bicyclic) bond motifs is 6. The zero-order valence-corrected chi connectivity index (χ0v) is 20.0. The highest BCUT2D eigenvalue weighted by Gasteiger charge is 2.74. The monoisotopic (exact) mass is 495 g/mol. The summed E-state index contributed by atoms with van der Waals surface area (Å²) in [6, 6.07) is 18.8. The van der Waals surface area contributed by atoms with E-state index in [1.54, 1.807) is 12.1 Å². The van der Waals surface area contributed by atoms with Crippen LogP contribution in [0, 0.1) is 40.3 Å². The van der Waals surface area contributed by atoms with Crippen LogP contribution in [-0.2, 0) is 14.3 Å². The van der Waals surface area contributed by atoms with E-state index in [0.717, 1.165) is 11.5 Å². The number of hydrogen-bond acceptors (Lipinski definition) is 6. The molecular formula is C29H22FN3O4. The fourth-order valence-corrected chi connectivity index (χ4v) is 6.43. The standard InChI is InChI=1S/C29H22FN3O4/c1-28-10-11-29(37-28,12-13-36-19-8-6-18(15-31)22(30)14-19)25-24(28)26(34)33(27(25)35)23-9-7-17-4-2-3-5-20(17)21(23)16-32/h2-9,14,24-25H,10-13H2,1H3. The molecule has 4 atom stereocenters. The van der Waals surface area contributed by atoms with Crippen molar-refractivity contribution in [2.45, 2.75) is 37.4 Å². The fourth-order valence-electron chi connectivity index (χ4n) is 6.43. The third-order valence-electron chi connectivity index (χ3n) is 8.13. The number of anilines is 1. The molecule has 2 bridgehead atoms. The Balaban J connectivity index is 1.31. The van der Waals surface area contributed by atoms with Gasteiger partial charge < -0.3 is 9.47 Å². The zero-order valence-electron chi connectivity index (χ0n) is 20.0. The van der Waals surface area contributed by atoms with Gasteiger partial charge in [0.25, 0.3) is 0 Å². The highest BCUT2D eigenvalue weighted by molar-refractivity contribution is 6.24. The van der Waals surface area contributed by atoms with Crippen LogP contribution in [0.1, 0.15) is 37.3 Å². The van der Waals surface area contributed by atoms with Crippen LogP contribution in [0.4, 0.5) is 10.1 Å². The summed E-state index contributed by atoms with van der Waals surface area (Å²) in [6.07, 6.45) is 1.54. The Labute approximate surface area is 212 Å². The van der Waals surface area contributed by atoms with Crippen LogP contribution in [-0.4, -0.2) is 29.6 Å². The fraction of sp³-hybridized carbons (Fsp3) is 0.310. The van der Waals surface area contributed by atoms with Crippen molar-refractivity contribution in [1.29, 1.82) is 10.5 Å². The van der Waals surface area contributed by atoms with Crippen molar-refractivity contribution >= 4 is 28.3 Å². The van der Waals surface area contributed by atoms with Crippen LogP contribution in [0.3, 0.4) is 0 Å². The highest BCUT2D eigenvalue weighted by Crippen LogP contribution is 2.62. The smallest absolute Gasteiger partial charge is 0.240 e. The molecule has 2 amide bonds. The second-order valence-electron chi connectivity index (χ2n) is 10.1.